The van der Waals surface area contributed by atoms with Gasteiger partial charge in [-0.1, -0.05) is 52.3 Å². The molecule has 0 aromatic heterocycles. The summed E-state index contributed by atoms with van der Waals surface area (Å²) < 4.78 is 0. The minimum atomic E-state index is -1.55. The Balaban J connectivity index is 1.62. The minimum Gasteiger partial charge on any atom is -0.393 e. The number of Topliss-reactive ketones (excluding diaryl/α,β-unsaturated/α-hetero) is 1. The molecular weight excluding hydrogens is 400 g/mol. The normalized spacial score (nSPS) is 44.8. The van der Waals surface area contributed by atoms with E-state index in [4.69, 9.17) is 0 Å². The highest BCUT2D eigenvalue weighted by Crippen LogP contribution is 2.69. The molecule has 5 aliphatic rings. The molecule has 0 saturated heterocycles. The van der Waals surface area contributed by atoms with Gasteiger partial charge in [-0.25, -0.2) is 0 Å². The second-order valence-corrected chi connectivity index (χ2v) is 12.1. The lowest BCUT2D eigenvalue weighted by Gasteiger charge is -2.54. The van der Waals surface area contributed by atoms with Gasteiger partial charge in [0.25, 0.3) is 0 Å². The van der Waals surface area contributed by atoms with Crippen molar-refractivity contribution in [3.05, 3.63) is 34.9 Å². The fourth-order valence-electron chi connectivity index (χ4n) is 8.25. The summed E-state index contributed by atoms with van der Waals surface area (Å²) in [4.78, 5) is 26.0. The van der Waals surface area contributed by atoms with Gasteiger partial charge in [-0.2, -0.15) is 0 Å². The fraction of sp³-hybridized carbons (Fsp3) is 0.714. The molecule has 2 saturated carbocycles. The summed E-state index contributed by atoms with van der Waals surface area (Å²) in [6.07, 6.45) is 9.18. The van der Waals surface area contributed by atoms with Gasteiger partial charge in [0.05, 0.1) is 6.10 Å². The molecular formula is C28H38O4. The quantitative estimate of drug-likeness (QED) is 0.677. The van der Waals surface area contributed by atoms with Gasteiger partial charge in [0.15, 0.2) is 17.2 Å². The minimum absolute atomic E-state index is 0.0724. The third-order valence-electron chi connectivity index (χ3n) is 10.6. The summed E-state index contributed by atoms with van der Waals surface area (Å²) in [6.45, 7) is 10.7. The summed E-state index contributed by atoms with van der Waals surface area (Å²) >= 11 is 0. The summed E-state index contributed by atoms with van der Waals surface area (Å²) in [6, 6.07) is 0. The van der Waals surface area contributed by atoms with E-state index in [1.165, 1.54) is 5.57 Å². The summed E-state index contributed by atoms with van der Waals surface area (Å²) in [5, 5.41) is 23.4. The zero-order valence-electron chi connectivity index (χ0n) is 20.1. The molecule has 0 aliphatic heterocycles. The van der Waals surface area contributed by atoms with E-state index in [0.717, 1.165) is 30.4 Å². The molecule has 5 rings (SSSR count). The molecule has 0 aromatic carbocycles. The number of aliphatic hydroxyl groups excluding tert-OH is 1. The molecule has 0 unspecified atom stereocenters. The first-order chi connectivity index (χ1) is 15.0. The van der Waals surface area contributed by atoms with Crippen molar-refractivity contribution >= 4 is 11.6 Å². The SMILES string of the molecule is CC(C)[C@@H](C)[C@H](O)[C@@H]1C[C@]23CC(=O)[C@@]4(O)C(=C2CC[C@@H]3[C@@H]1C)C=CC1=CC(=O)CC[C@@]14C. The van der Waals surface area contributed by atoms with Crippen LogP contribution in [0, 0.1) is 40.4 Å². The summed E-state index contributed by atoms with van der Waals surface area (Å²) in [7, 11) is 0. The third-order valence-corrected chi connectivity index (χ3v) is 10.6. The van der Waals surface area contributed by atoms with Crippen molar-refractivity contribution in [2.75, 3.05) is 0 Å². The van der Waals surface area contributed by atoms with Crippen LogP contribution in [0.5, 0.6) is 0 Å². The van der Waals surface area contributed by atoms with Gasteiger partial charge in [-0.15, -0.1) is 0 Å². The first-order valence-electron chi connectivity index (χ1n) is 12.6. The molecule has 174 valence electrons. The van der Waals surface area contributed by atoms with Crippen molar-refractivity contribution in [1.29, 1.82) is 0 Å². The first-order valence-corrected chi connectivity index (χ1v) is 12.6. The van der Waals surface area contributed by atoms with Crippen molar-refractivity contribution in [1.82, 2.24) is 0 Å². The Kier molecular flexibility index (Phi) is 4.87. The summed E-state index contributed by atoms with van der Waals surface area (Å²) in [5.41, 5.74) is 0.339. The fourth-order valence-corrected chi connectivity index (χ4v) is 8.25. The average Bonchev–Trinajstić information content (AvgIpc) is 3.23. The van der Waals surface area contributed by atoms with Crippen LogP contribution >= 0.6 is 0 Å². The highest BCUT2D eigenvalue weighted by atomic mass is 16.3. The van der Waals surface area contributed by atoms with E-state index in [2.05, 4.69) is 27.7 Å². The second-order valence-electron chi connectivity index (χ2n) is 12.1. The number of hydrogen-bond acceptors (Lipinski definition) is 4. The van der Waals surface area contributed by atoms with Crippen LogP contribution in [-0.2, 0) is 9.59 Å². The van der Waals surface area contributed by atoms with E-state index in [1.807, 2.05) is 19.1 Å². The molecule has 0 heterocycles. The molecule has 4 heteroatoms. The largest absolute Gasteiger partial charge is 0.393 e. The molecule has 8 atom stereocenters. The van der Waals surface area contributed by atoms with Crippen LogP contribution in [0.2, 0.25) is 0 Å². The van der Waals surface area contributed by atoms with Gasteiger partial charge in [0.2, 0.25) is 0 Å². The van der Waals surface area contributed by atoms with Crippen molar-refractivity contribution in [2.45, 2.75) is 84.8 Å². The Morgan fingerprint density at radius 3 is 2.53 bits per heavy atom. The van der Waals surface area contributed by atoms with Crippen molar-refractivity contribution < 1.29 is 19.8 Å². The van der Waals surface area contributed by atoms with E-state index >= 15 is 0 Å². The van der Waals surface area contributed by atoms with Gasteiger partial charge in [-0.3, -0.25) is 9.59 Å². The van der Waals surface area contributed by atoms with Crippen LogP contribution in [0.1, 0.15) is 73.1 Å². The van der Waals surface area contributed by atoms with E-state index in [-0.39, 0.29) is 34.9 Å². The maximum atomic E-state index is 13.9. The molecule has 2 fully saturated rings. The zero-order valence-corrected chi connectivity index (χ0v) is 20.1. The van der Waals surface area contributed by atoms with E-state index < -0.39 is 11.0 Å². The lowest BCUT2D eigenvalue weighted by Crippen LogP contribution is -2.60. The molecule has 5 aliphatic carbocycles. The predicted octanol–water partition coefficient (Wildman–Crippen LogP) is 4.56. The molecule has 0 bridgehead atoms. The third kappa shape index (κ3) is 2.57. The Morgan fingerprint density at radius 2 is 1.84 bits per heavy atom. The monoisotopic (exact) mass is 438 g/mol. The van der Waals surface area contributed by atoms with Crippen LogP contribution < -0.4 is 0 Å². The molecule has 0 radical (unpaired) electrons. The Hall–Kier alpha value is -1.52. The molecule has 4 nitrogen and oxygen atoms in total. The van der Waals surface area contributed by atoms with Gasteiger partial charge >= 0.3 is 0 Å². The average molecular weight is 439 g/mol. The summed E-state index contributed by atoms with van der Waals surface area (Å²) in [5.74, 6) is 1.52. The van der Waals surface area contributed by atoms with Gasteiger partial charge < -0.3 is 10.2 Å². The molecule has 1 spiro atoms. The maximum absolute atomic E-state index is 13.9. The number of aliphatic hydroxyl groups is 2. The number of fused-ring (bicyclic) bond motifs is 3. The van der Waals surface area contributed by atoms with Crippen LogP contribution in [0.4, 0.5) is 0 Å². The number of ketones is 2. The van der Waals surface area contributed by atoms with Crippen LogP contribution in [0.15, 0.2) is 34.9 Å². The smallest absolute Gasteiger partial charge is 0.170 e. The van der Waals surface area contributed by atoms with Crippen LogP contribution in [-0.4, -0.2) is 33.5 Å². The van der Waals surface area contributed by atoms with E-state index in [9.17, 15) is 19.8 Å². The number of carbonyl (C=O) groups is 2. The van der Waals surface area contributed by atoms with Gasteiger partial charge in [-0.05, 0) is 72.5 Å². The second kappa shape index (κ2) is 6.99. The van der Waals surface area contributed by atoms with Gasteiger partial charge in [0, 0.05) is 23.7 Å². The zero-order chi connectivity index (χ0) is 23.2. The molecule has 32 heavy (non-hydrogen) atoms. The number of allylic oxidation sites excluding steroid dienone is 3. The van der Waals surface area contributed by atoms with Crippen molar-refractivity contribution in [2.24, 2.45) is 40.4 Å². The Labute approximate surface area is 191 Å². The van der Waals surface area contributed by atoms with Crippen LogP contribution in [0.3, 0.4) is 0 Å². The van der Waals surface area contributed by atoms with E-state index in [0.29, 0.717) is 37.0 Å². The number of hydrogen-bond donors (Lipinski definition) is 2. The van der Waals surface area contributed by atoms with Gasteiger partial charge in [0.1, 0.15) is 0 Å². The number of rotatable bonds is 3. The lowest BCUT2D eigenvalue weighted by atomic mass is 9.50. The van der Waals surface area contributed by atoms with Crippen molar-refractivity contribution in [3.63, 3.8) is 0 Å². The molecule has 0 amide bonds. The molecule has 0 aromatic rings. The maximum Gasteiger partial charge on any atom is 0.170 e. The topological polar surface area (TPSA) is 74.6 Å². The predicted molar refractivity (Wildman–Crippen MR) is 124 cm³/mol. The standard InChI is InChI=1S/C28H38O4/c1-15(2)16(3)25(31)20-13-27-14-24(30)28(32)23(22(27)9-8-21(27)17(20)4)7-6-18-12-19(29)10-11-26(18,28)5/h6-7,12,15-17,20-21,25,31-32H,8-11,13-14H2,1-5H3/t16-,17-,20-,21-,25+,26+,27-,28+/m1/s1. The highest BCUT2D eigenvalue weighted by Gasteiger charge is 2.68. The number of carbonyl (C=O) groups excluding carboxylic acids is 2. The Bertz CT molecular complexity index is 970. The van der Waals surface area contributed by atoms with Crippen molar-refractivity contribution in [3.8, 4) is 0 Å². The van der Waals surface area contributed by atoms with E-state index in [1.54, 1.807) is 6.08 Å². The van der Waals surface area contributed by atoms with Crippen LogP contribution in [0.25, 0.3) is 0 Å². The Morgan fingerprint density at radius 1 is 1.12 bits per heavy atom. The highest BCUT2D eigenvalue weighted by molar-refractivity contribution is 5.99. The molecule has 2 N–H and O–H groups in total. The first kappa shape index (κ1) is 22.3. The lowest BCUT2D eigenvalue weighted by molar-refractivity contribution is -0.149.